The Kier molecular flexibility index (Phi) is 3.72. The molecule has 0 aromatic carbocycles. The van der Waals surface area contributed by atoms with E-state index in [-0.39, 0.29) is 0 Å². The van der Waals surface area contributed by atoms with Crippen molar-refractivity contribution >= 4 is 5.82 Å². The summed E-state index contributed by atoms with van der Waals surface area (Å²) in [5, 5.41) is 0. The molecule has 0 unspecified atom stereocenters. The predicted molar refractivity (Wildman–Crippen MR) is 67.4 cm³/mol. The van der Waals surface area contributed by atoms with Crippen molar-refractivity contribution < 1.29 is 0 Å². The summed E-state index contributed by atoms with van der Waals surface area (Å²) in [4.78, 5) is 8.44. The number of aromatic nitrogens is 3. The molecule has 17 heavy (non-hydrogen) atoms. The highest BCUT2D eigenvalue weighted by atomic mass is 15.2. The monoisotopic (exact) mass is 231 g/mol. The Bertz CT molecular complexity index is 477. The molecule has 0 radical (unpaired) electrons. The highest BCUT2D eigenvalue weighted by Crippen LogP contribution is 2.10. The lowest BCUT2D eigenvalue weighted by Crippen LogP contribution is -2.09. The first-order chi connectivity index (χ1) is 8.33. The number of nitrogens with two attached hydrogens (primary N) is 1. The van der Waals surface area contributed by atoms with Crippen LogP contribution in [0, 0.1) is 0 Å². The van der Waals surface area contributed by atoms with E-state index in [1.165, 1.54) is 0 Å². The Labute approximate surface area is 101 Å². The van der Waals surface area contributed by atoms with E-state index in [1.807, 2.05) is 24.5 Å². The molecule has 0 saturated carbocycles. The van der Waals surface area contributed by atoms with E-state index in [0.717, 1.165) is 30.8 Å². The van der Waals surface area contributed by atoms with Gasteiger partial charge in [0, 0.05) is 31.6 Å². The van der Waals surface area contributed by atoms with Gasteiger partial charge in [-0.1, -0.05) is 6.92 Å². The first-order valence-corrected chi connectivity index (χ1v) is 5.75. The van der Waals surface area contributed by atoms with Crippen LogP contribution in [0.3, 0.4) is 0 Å². The van der Waals surface area contributed by atoms with Gasteiger partial charge in [0.2, 0.25) is 0 Å². The molecule has 3 N–H and O–H groups in total. The molecule has 0 atom stereocenters. The average Bonchev–Trinajstić information content (AvgIpc) is 2.78. The van der Waals surface area contributed by atoms with Crippen LogP contribution in [0.25, 0.3) is 0 Å². The van der Waals surface area contributed by atoms with E-state index in [1.54, 1.807) is 6.20 Å². The molecule has 0 aliphatic heterocycles. The van der Waals surface area contributed by atoms with Gasteiger partial charge in [-0.15, -0.1) is 0 Å². The molecular formula is C12H17N5. The Hall–Kier alpha value is -1.88. The number of imidazole rings is 1. The first kappa shape index (κ1) is 11.6. The molecular weight excluding hydrogens is 214 g/mol. The zero-order chi connectivity index (χ0) is 12.1. The Morgan fingerprint density at radius 1 is 1.35 bits per heavy atom. The van der Waals surface area contributed by atoms with Crippen LogP contribution in [0.5, 0.6) is 0 Å². The van der Waals surface area contributed by atoms with Crippen molar-refractivity contribution in [3.63, 3.8) is 0 Å². The molecule has 0 bridgehead atoms. The number of pyridine rings is 1. The minimum atomic E-state index is 0.680. The number of rotatable bonds is 5. The normalized spacial score (nSPS) is 10.5. The molecule has 0 amide bonds. The second-order valence-electron chi connectivity index (χ2n) is 3.92. The Morgan fingerprint density at radius 3 is 3.00 bits per heavy atom. The highest BCUT2D eigenvalue weighted by molar-refractivity contribution is 5.36. The number of nitrogens with zero attached hydrogens (tertiary/aromatic N) is 3. The van der Waals surface area contributed by atoms with Crippen molar-refractivity contribution in [2.45, 2.75) is 26.3 Å². The lowest BCUT2D eigenvalue weighted by atomic mass is 10.2. The summed E-state index contributed by atoms with van der Waals surface area (Å²) < 4.78 is 2.15. The van der Waals surface area contributed by atoms with E-state index in [2.05, 4.69) is 26.9 Å². The van der Waals surface area contributed by atoms with Gasteiger partial charge in [0.1, 0.15) is 11.6 Å². The van der Waals surface area contributed by atoms with Crippen LogP contribution in [-0.2, 0) is 13.0 Å². The third kappa shape index (κ3) is 2.82. The van der Waals surface area contributed by atoms with Gasteiger partial charge < -0.3 is 9.99 Å². The van der Waals surface area contributed by atoms with Crippen molar-refractivity contribution in [1.82, 2.24) is 14.5 Å². The van der Waals surface area contributed by atoms with Crippen LogP contribution < -0.4 is 11.3 Å². The predicted octanol–water partition coefficient (Wildman–Crippen LogP) is 1.56. The van der Waals surface area contributed by atoms with Crippen LogP contribution >= 0.6 is 0 Å². The summed E-state index contributed by atoms with van der Waals surface area (Å²) >= 11 is 0. The largest absolute Gasteiger partial charge is 0.331 e. The van der Waals surface area contributed by atoms with Crippen LogP contribution in [0.15, 0.2) is 30.7 Å². The van der Waals surface area contributed by atoms with Gasteiger partial charge in [-0.25, -0.2) is 15.8 Å². The minimum absolute atomic E-state index is 0.680. The molecule has 2 heterocycles. The second-order valence-corrected chi connectivity index (χ2v) is 3.92. The zero-order valence-electron chi connectivity index (χ0n) is 9.93. The van der Waals surface area contributed by atoms with Crippen LogP contribution in [0.2, 0.25) is 0 Å². The van der Waals surface area contributed by atoms with Crippen molar-refractivity contribution in [3.05, 3.63) is 42.1 Å². The standard InChI is InChI=1S/C12H17N5/c1-2-3-12-15-6-7-17(12)9-10-4-5-14-11(8-10)16-13/h4-8H,2-3,9,13H2,1H3,(H,14,16). The van der Waals surface area contributed by atoms with Gasteiger partial charge >= 0.3 is 0 Å². The number of hydrogen-bond acceptors (Lipinski definition) is 4. The van der Waals surface area contributed by atoms with Gasteiger partial charge in [0.05, 0.1) is 0 Å². The second kappa shape index (κ2) is 5.45. The summed E-state index contributed by atoms with van der Waals surface area (Å²) in [5.41, 5.74) is 3.71. The lowest BCUT2D eigenvalue weighted by Gasteiger charge is -2.08. The van der Waals surface area contributed by atoms with Crippen LogP contribution in [-0.4, -0.2) is 14.5 Å². The number of nitrogen functional groups attached to an aromatic ring is 1. The molecule has 0 fully saturated rings. The molecule has 5 nitrogen and oxygen atoms in total. The summed E-state index contributed by atoms with van der Waals surface area (Å²) in [6, 6.07) is 3.92. The fourth-order valence-corrected chi connectivity index (χ4v) is 1.78. The number of anilines is 1. The maximum atomic E-state index is 5.34. The van der Waals surface area contributed by atoms with E-state index in [4.69, 9.17) is 5.84 Å². The maximum absolute atomic E-state index is 5.34. The first-order valence-electron chi connectivity index (χ1n) is 5.75. The van der Waals surface area contributed by atoms with Gasteiger partial charge in [-0.3, -0.25) is 0 Å². The average molecular weight is 231 g/mol. The number of aryl methyl sites for hydroxylation is 1. The van der Waals surface area contributed by atoms with Crippen LogP contribution in [0.1, 0.15) is 24.7 Å². The third-order valence-electron chi connectivity index (χ3n) is 2.60. The summed E-state index contributed by atoms with van der Waals surface area (Å²) in [5.74, 6) is 7.14. The molecule has 0 aliphatic carbocycles. The van der Waals surface area contributed by atoms with Crippen molar-refractivity contribution in [2.24, 2.45) is 5.84 Å². The van der Waals surface area contributed by atoms with Crippen molar-refractivity contribution in [2.75, 3.05) is 5.43 Å². The highest BCUT2D eigenvalue weighted by Gasteiger charge is 2.03. The fraction of sp³-hybridized carbons (Fsp3) is 0.333. The summed E-state index contributed by atoms with van der Waals surface area (Å²) in [6.45, 7) is 2.95. The fourth-order valence-electron chi connectivity index (χ4n) is 1.78. The topological polar surface area (TPSA) is 68.8 Å². The summed E-state index contributed by atoms with van der Waals surface area (Å²) in [6.07, 6.45) is 7.69. The van der Waals surface area contributed by atoms with Crippen LogP contribution in [0.4, 0.5) is 5.82 Å². The SMILES string of the molecule is CCCc1nccn1Cc1ccnc(NN)c1. The molecule has 0 spiro atoms. The van der Waals surface area contributed by atoms with E-state index in [9.17, 15) is 0 Å². The molecule has 2 aromatic rings. The number of hydrazine groups is 1. The van der Waals surface area contributed by atoms with Gasteiger partial charge in [0.15, 0.2) is 0 Å². The summed E-state index contributed by atoms with van der Waals surface area (Å²) in [7, 11) is 0. The number of hydrogen-bond donors (Lipinski definition) is 2. The van der Waals surface area contributed by atoms with E-state index >= 15 is 0 Å². The van der Waals surface area contributed by atoms with Gasteiger partial charge in [0.25, 0.3) is 0 Å². The Morgan fingerprint density at radius 2 is 2.24 bits per heavy atom. The number of nitrogens with one attached hydrogen (secondary N) is 1. The molecule has 0 aliphatic rings. The molecule has 2 aromatic heterocycles. The van der Waals surface area contributed by atoms with Crippen molar-refractivity contribution in [3.8, 4) is 0 Å². The van der Waals surface area contributed by atoms with Gasteiger partial charge in [-0.05, 0) is 24.1 Å². The minimum Gasteiger partial charge on any atom is -0.331 e. The molecule has 90 valence electrons. The molecule has 0 saturated heterocycles. The third-order valence-corrected chi connectivity index (χ3v) is 2.60. The maximum Gasteiger partial charge on any atom is 0.140 e. The van der Waals surface area contributed by atoms with Gasteiger partial charge in [-0.2, -0.15) is 0 Å². The van der Waals surface area contributed by atoms with Crippen molar-refractivity contribution in [1.29, 1.82) is 0 Å². The smallest absolute Gasteiger partial charge is 0.140 e. The lowest BCUT2D eigenvalue weighted by molar-refractivity contribution is 0.704. The molecule has 5 heteroatoms. The van der Waals surface area contributed by atoms with E-state index in [0.29, 0.717) is 5.82 Å². The van der Waals surface area contributed by atoms with E-state index < -0.39 is 0 Å². The zero-order valence-corrected chi connectivity index (χ0v) is 9.93. The molecule has 2 rings (SSSR count). The quantitative estimate of drug-likeness (QED) is 0.605. The Balaban J connectivity index is 2.16.